The summed E-state index contributed by atoms with van der Waals surface area (Å²) < 4.78 is 10.5. The first-order chi connectivity index (χ1) is 10.7. The van der Waals surface area contributed by atoms with Crippen molar-refractivity contribution in [3.8, 4) is 11.5 Å². The van der Waals surface area contributed by atoms with Crippen molar-refractivity contribution in [2.75, 3.05) is 19.5 Å². The molecule has 6 nitrogen and oxygen atoms in total. The highest BCUT2D eigenvalue weighted by atomic mass is 16.5. The van der Waals surface area contributed by atoms with Crippen LogP contribution in [0.15, 0.2) is 36.5 Å². The summed E-state index contributed by atoms with van der Waals surface area (Å²) in [5, 5.41) is 3.25. The van der Waals surface area contributed by atoms with Crippen molar-refractivity contribution in [1.82, 2.24) is 15.0 Å². The predicted molar refractivity (Wildman–Crippen MR) is 84.9 cm³/mol. The van der Waals surface area contributed by atoms with Gasteiger partial charge in [-0.3, -0.25) is 0 Å². The van der Waals surface area contributed by atoms with Crippen LogP contribution in [0.3, 0.4) is 0 Å². The van der Waals surface area contributed by atoms with Gasteiger partial charge in [0.1, 0.15) is 5.52 Å². The van der Waals surface area contributed by atoms with Crippen molar-refractivity contribution in [2.24, 2.45) is 0 Å². The number of nitrogens with one attached hydrogen (secondary N) is 1. The van der Waals surface area contributed by atoms with Crippen LogP contribution in [0.1, 0.15) is 5.69 Å². The Hall–Kier alpha value is -2.89. The molecule has 0 atom stereocenters. The summed E-state index contributed by atoms with van der Waals surface area (Å²) in [6.45, 7) is 1.89. The average Bonchev–Trinajstić information content (AvgIpc) is 2.55. The number of aryl methyl sites for hydroxylation is 1. The van der Waals surface area contributed by atoms with E-state index in [9.17, 15) is 0 Å². The van der Waals surface area contributed by atoms with E-state index < -0.39 is 0 Å². The van der Waals surface area contributed by atoms with Crippen molar-refractivity contribution in [2.45, 2.75) is 6.92 Å². The second-order valence-electron chi connectivity index (χ2n) is 4.70. The molecule has 1 aromatic carbocycles. The number of rotatable bonds is 4. The van der Waals surface area contributed by atoms with E-state index in [0.717, 1.165) is 16.9 Å². The van der Waals surface area contributed by atoms with Gasteiger partial charge in [0.05, 0.1) is 19.9 Å². The molecular weight excluding hydrogens is 280 g/mol. The lowest BCUT2D eigenvalue weighted by Crippen LogP contribution is -2.01. The van der Waals surface area contributed by atoms with E-state index in [2.05, 4.69) is 20.3 Å². The molecule has 0 amide bonds. The smallest absolute Gasteiger partial charge is 0.178 e. The molecule has 0 aliphatic heterocycles. The minimum atomic E-state index is 0.637. The topological polar surface area (TPSA) is 69.2 Å². The molecule has 22 heavy (non-hydrogen) atoms. The summed E-state index contributed by atoms with van der Waals surface area (Å²) >= 11 is 0. The first kappa shape index (κ1) is 14.1. The molecule has 1 N–H and O–H groups in total. The van der Waals surface area contributed by atoms with E-state index in [1.165, 1.54) is 0 Å². The number of hydrogen-bond donors (Lipinski definition) is 1. The molecule has 0 radical (unpaired) electrons. The van der Waals surface area contributed by atoms with Crippen LogP contribution in [0.2, 0.25) is 0 Å². The number of pyridine rings is 1. The van der Waals surface area contributed by atoms with Gasteiger partial charge in [-0.1, -0.05) is 0 Å². The summed E-state index contributed by atoms with van der Waals surface area (Å²) in [7, 11) is 3.21. The molecule has 2 heterocycles. The number of methoxy groups -OCH3 is 2. The molecule has 0 saturated carbocycles. The molecule has 0 aliphatic carbocycles. The Bertz CT molecular complexity index is 820. The van der Waals surface area contributed by atoms with Crippen LogP contribution in [-0.4, -0.2) is 29.2 Å². The molecule has 0 spiro atoms. The summed E-state index contributed by atoms with van der Waals surface area (Å²) in [5.74, 6) is 2.02. The number of anilines is 2. The van der Waals surface area contributed by atoms with E-state index >= 15 is 0 Å². The Morgan fingerprint density at radius 1 is 1.00 bits per heavy atom. The van der Waals surface area contributed by atoms with Crippen LogP contribution >= 0.6 is 0 Å². The Balaban J connectivity index is 1.97. The Morgan fingerprint density at radius 3 is 2.59 bits per heavy atom. The van der Waals surface area contributed by atoms with Crippen LogP contribution in [-0.2, 0) is 0 Å². The van der Waals surface area contributed by atoms with Gasteiger partial charge >= 0.3 is 0 Å². The molecule has 2 aromatic heterocycles. The summed E-state index contributed by atoms with van der Waals surface area (Å²) in [6.07, 6.45) is 1.71. The van der Waals surface area contributed by atoms with Crippen LogP contribution in [0, 0.1) is 6.92 Å². The van der Waals surface area contributed by atoms with Crippen LogP contribution < -0.4 is 14.8 Å². The van der Waals surface area contributed by atoms with E-state index in [1.54, 1.807) is 20.4 Å². The maximum absolute atomic E-state index is 5.30. The maximum atomic E-state index is 5.30. The fourth-order valence-electron chi connectivity index (χ4n) is 2.14. The molecular formula is C16H16N4O2. The first-order valence-corrected chi connectivity index (χ1v) is 6.79. The highest BCUT2D eigenvalue weighted by Crippen LogP contribution is 2.31. The Morgan fingerprint density at radius 2 is 1.82 bits per heavy atom. The van der Waals surface area contributed by atoms with Gasteiger partial charge in [0.15, 0.2) is 23.0 Å². The molecule has 3 rings (SSSR count). The number of benzene rings is 1. The highest BCUT2D eigenvalue weighted by Gasteiger charge is 2.08. The highest BCUT2D eigenvalue weighted by molar-refractivity contribution is 5.74. The van der Waals surface area contributed by atoms with Gasteiger partial charge in [-0.15, -0.1) is 0 Å². The van der Waals surface area contributed by atoms with Gasteiger partial charge in [0, 0.05) is 18.0 Å². The fourth-order valence-corrected chi connectivity index (χ4v) is 2.14. The SMILES string of the molecule is COc1ccc(Nc2nc3cccnc3nc2C)cc1OC. The summed E-state index contributed by atoms with van der Waals surface area (Å²) in [4.78, 5) is 13.2. The largest absolute Gasteiger partial charge is 0.493 e. The molecule has 6 heteroatoms. The molecule has 0 aliphatic rings. The zero-order valence-corrected chi connectivity index (χ0v) is 12.6. The zero-order valence-electron chi connectivity index (χ0n) is 12.6. The summed E-state index contributed by atoms with van der Waals surface area (Å²) in [5.41, 5.74) is 3.01. The van der Waals surface area contributed by atoms with Gasteiger partial charge in [-0.05, 0) is 31.2 Å². The van der Waals surface area contributed by atoms with Gasteiger partial charge in [0.2, 0.25) is 0 Å². The van der Waals surface area contributed by atoms with Gasteiger partial charge in [0.25, 0.3) is 0 Å². The predicted octanol–water partition coefficient (Wildman–Crippen LogP) is 3.09. The minimum absolute atomic E-state index is 0.637. The second-order valence-corrected chi connectivity index (χ2v) is 4.70. The van der Waals surface area contributed by atoms with E-state index in [4.69, 9.17) is 9.47 Å². The number of fused-ring (bicyclic) bond motifs is 1. The second kappa shape index (κ2) is 5.85. The molecule has 112 valence electrons. The van der Waals surface area contributed by atoms with Crippen molar-refractivity contribution < 1.29 is 9.47 Å². The van der Waals surface area contributed by atoms with Gasteiger partial charge in [-0.25, -0.2) is 15.0 Å². The fraction of sp³-hybridized carbons (Fsp3) is 0.188. The van der Waals surface area contributed by atoms with E-state index in [-0.39, 0.29) is 0 Å². The van der Waals surface area contributed by atoms with Crippen molar-refractivity contribution in [1.29, 1.82) is 0 Å². The average molecular weight is 296 g/mol. The van der Waals surface area contributed by atoms with Crippen molar-refractivity contribution >= 4 is 22.7 Å². The van der Waals surface area contributed by atoms with Crippen LogP contribution in [0.25, 0.3) is 11.2 Å². The van der Waals surface area contributed by atoms with Gasteiger partial charge < -0.3 is 14.8 Å². The normalized spacial score (nSPS) is 10.5. The zero-order chi connectivity index (χ0) is 15.5. The third-order valence-corrected chi connectivity index (χ3v) is 3.26. The lowest BCUT2D eigenvalue weighted by Gasteiger charge is -2.12. The molecule has 3 aromatic rings. The Kier molecular flexibility index (Phi) is 3.74. The molecule has 0 fully saturated rings. The third kappa shape index (κ3) is 2.63. The molecule has 0 unspecified atom stereocenters. The summed E-state index contributed by atoms with van der Waals surface area (Å²) in [6, 6.07) is 9.32. The maximum Gasteiger partial charge on any atom is 0.178 e. The number of nitrogens with zero attached hydrogens (tertiary/aromatic N) is 3. The monoisotopic (exact) mass is 296 g/mol. The number of hydrogen-bond acceptors (Lipinski definition) is 6. The molecule has 0 saturated heterocycles. The lowest BCUT2D eigenvalue weighted by molar-refractivity contribution is 0.355. The Labute approximate surface area is 128 Å². The van der Waals surface area contributed by atoms with Gasteiger partial charge in [-0.2, -0.15) is 0 Å². The van der Waals surface area contributed by atoms with Crippen molar-refractivity contribution in [3.63, 3.8) is 0 Å². The number of ether oxygens (including phenoxy) is 2. The minimum Gasteiger partial charge on any atom is -0.493 e. The van der Waals surface area contributed by atoms with E-state index in [1.807, 2.05) is 37.3 Å². The number of aromatic nitrogens is 3. The first-order valence-electron chi connectivity index (χ1n) is 6.79. The molecule has 0 bridgehead atoms. The van der Waals surface area contributed by atoms with Crippen LogP contribution in [0.4, 0.5) is 11.5 Å². The van der Waals surface area contributed by atoms with Crippen molar-refractivity contribution in [3.05, 3.63) is 42.2 Å². The third-order valence-electron chi connectivity index (χ3n) is 3.26. The standard InChI is InChI=1S/C16H16N4O2/c1-10-15(20-12-5-4-8-17-16(12)18-10)19-11-6-7-13(21-2)14(9-11)22-3/h4-9H,1-3H3,(H,19,20). The van der Waals surface area contributed by atoms with E-state index in [0.29, 0.717) is 23.0 Å². The van der Waals surface area contributed by atoms with Crippen LogP contribution in [0.5, 0.6) is 11.5 Å². The lowest BCUT2D eigenvalue weighted by atomic mass is 10.2. The quantitative estimate of drug-likeness (QED) is 0.798.